The van der Waals surface area contributed by atoms with Crippen LogP contribution in [-0.2, 0) is 41.3 Å². The van der Waals surface area contributed by atoms with Gasteiger partial charge >= 0.3 is 7.82 Å². The fourth-order valence-electron chi connectivity index (χ4n) is 9.64. The van der Waals surface area contributed by atoms with Crippen LogP contribution < -0.4 is 5.73 Å². The SMILES string of the molecule is C[C@]12C=CC(=O)C=C1[C@@H](F)C[C@H]1[C@@H]3C[C@H]4O[C@@H](c5ccn(Cc6ccc(CO)c(N)c6)c5)O[C@@]4(C(=O)COP(=O)(O)O)[C@@]3(C)C[C@H](O)[C@@]12F. The third kappa shape index (κ3) is 4.98. The summed E-state index contributed by atoms with van der Waals surface area (Å²) in [5.41, 5.74) is 1.03. The van der Waals surface area contributed by atoms with Crippen LogP contribution >= 0.6 is 7.82 Å². The Bertz CT molecular complexity index is 1830. The van der Waals surface area contributed by atoms with Crippen molar-refractivity contribution in [1.29, 1.82) is 0 Å². The van der Waals surface area contributed by atoms with Gasteiger partial charge in [0.25, 0.3) is 0 Å². The van der Waals surface area contributed by atoms with Gasteiger partial charge in [-0.2, -0.15) is 0 Å². The summed E-state index contributed by atoms with van der Waals surface area (Å²) in [5, 5.41) is 21.2. The molecule has 0 radical (unpaired) electrons. The van der Waals surface area contributed by atoms with Crippen molar-refractivity contribution in [3.63, 3.8) is 0 Å². The number of ether oxygens (including phenoxy) is 2. The lowest BCUT2D eigenvalue weighted by atomic mass is 9.44. The Morgan fingerprint density at radius 1 is 1.20 bits per heavy atom. The van der Waals surface area contributed by atoms with E-state index in [0.29, 0.717) is 23.4 Å². The lowest BCUT2D eigenvalue weighted by Gasteiger charge is -2.63. The molecule has 7 rings (SSSR count). The summed E-state index contributed by atoms with van der Waals surface area (Å²) in [6.45, 7) is 2.28. The van der Waals surface area contributed by atoms with Crippen LogP contribution in [0.4, 0.5) is 14.5 Å². The van der Waals surface area contributed by atoms with Crippen molar-refractivity contribution in [3.05, 3.63) is 77.2 Å². The zero-order chi connectivity index (χ0) is 35.3. The Balaban J connectivity index is 1.23. The summed E-state index contributed by atoms with van der Waals surface area (Å²) >= 11 is 0. The minimum Gasteiger partial charge on any atom is -0.398 e. The quantitative estimate of drug-likeness (QED) is 0.200. The summed E-state index contributed by atoms with van der Waals surface area (Å²) in [4.78, 5) is 45.2. The van der Waals surface area contributed by atoms with Crippen LogP contribution in [0, 0.1) is 22.7 Å². The number of hydrogen-bond acceptors (Lipinski definition) is 9. The van der Waals surface area contributed by atoms with Gasteiger partial charge in [0.2, 0.25) is 0 Å². The molecule has 3 saturated carbocycles. The number of anilines is 1. The van der Waals surface area contributed by atoms with Crippen molar-refractivity contribution in [3.8, 4) is 0 Å². The summed E-state index contributed by atoms with van der Waals surface area (Å²) in [6.07, 6.45) is 0.825. The van der Waals surface area contributed by atoms with Gasteiger partial charge < -0.3 is 39.8 Å². The number of benzene rings is 1. The predicted octanol–water partition coefficient (Wildman–Crippen LogP) is 3.37. The van der Waals surface area contributed by atoms with Gasteiger partial charge in [0.1, 0.15) is 12.8 Å². The number of ketones is 2. The summed E-state index contributed by atoms with van der Waals surface area (Å²) < 4.78 is 64.7. The number of carbonyl (C=O) groups is 2. The highest BCUT2D eigenvalue weighted by Crippen LogP contribution is 2.72. The average molecular weight is 705 g/mol. The van der Waals surface area contributed by atoms with E-state index in [2.05, 4.69) is 4.52 Å². The van der Waals surface area contributed by atoms with Crippen molar-refractivity contribution < 1.29 is 56.9 Å². The molecule has 10 atom stereocenters. The van der Waals surface area contributed by atoms with Crippen molar-refractivity contribution in [1.82, 2.24) is 4.57 Å². The first-order valence-corrected chi connectivity index (χ1v) is 17.7. The molecule has 1 saturated heterocycles. The molecule has 0 unspecified atom stereocenters. The smallest absolute Gasteiger partial charge is 0.398 e. The van der Waals surface area contributed by atoms with E-state index in [1.165, 1.54) is 19.1 Å². The average Bonchev–Trinajstić information content (AvgIpc) is 3.71. The number of nitrogen functional groups attached to an aromatic ring is 1. The maximum atomic E-state index is 17.7. The maximum Gasteiger partial charge on any atom is 0.470 e. The Kier molecular flexibility index (Phi) is 8.05. The standard InChI is InChI=1S/C34H39F2N2O10P/c1-31-7-5-21(40)10-24(31)25(35)11-23-22-12-29-34(28(42)17-46-49(43,44)45,32(22,2)13-27(41)33(23,31)36)48-30(47-29)19-6-8-38(15-19)14-18-3-4-20(16-39)26(37)9-18/h3-10,15,22-23,25,27,29-30,39,41H,11-14,16-17,37H2,1-2H3,(H2,43,44,45)/t22-,23-,25-,27-,29+,30+,31-,32-,33-,34+/m0/s1. The van der Waals surface area contributed by atoms with Crippen molar-refractivity contribution in [2.24, 2.45) is 22.7 Å². The fourth-order valence-corrected chi connectivity index (χ4v) is 9.93. The number of allylic oxidation sites excluding steroid dienone is 4. The molecule has 5 aliphatic rings. The highest BCUT2D eigenvalue weighted by atomic mass is 31.2. The van der Waals surface area contributed by atoms with Crippen LogP contribution in [0.2, 0.25) is 0 Å². The molecule has 4 fully saturated rings. The number of aliphatic hydroxyl groups excluding tert-OH is 2. The van der Waals surface area contributed by atoms with Crippen molar-refractivity contribution >= 4 is 25.1 Å². The van der Waals surface area contributed by atoms with Gasteiger partial charge in [0.05, 0.1) is 18.8 Å². The number of phosphoric ester groups is 1. The summed E-state index contributed by atoms with van der Waals surface area (Å²) in [6, 6.07) is 7.04. The van der Waals surface area contributed by atoms with E-state index in [1.807, 2.05) is 10.6 Å². The van der Waals surface area contributed by atoms with Crippen LogP contribution in [0.3, 0.4) is 0 Å². The zero-order valence-corrected chi connectivity index (χ0v) is 27.8. The molecule has 0 spiro atoms. The van der Waals surface area contributed by atoms with Gasteiger partial charge in [-0.3, -0.25) is 14.1 Å². The van der Waals surface area contributed by atoms with Gasteiger partial charge in [-0.15, -0.1) is 0 Å². The van der Waals surface area contributed by atoms with E-state index in [-0.39, 0.29) is 31.4 Å². The van der Waals surface area contributed by atoms with Crippen LogP contribution in [0.15, 0.2) is 60.5 Å². The van der Waals surface area contributed by atoms with E-state index in [0.717, 1.165) is 11.6 Å². The number of rotatable bonds is 8. The Morgan fingerprint density at radius 2 is 1.96 bits per heavy atom. The molecule has 1 aromatic carbocycles. The first-order valence-electron chi connectivity index (χ1n) is 16.1. The second kappa shape index (κ2) is 11.5. The number of carbonyl (C=O) groups excluding carboxylic acids is 2. The lowest BCUT2D eigenvalue weighted by molar-refractivity contribution is -0.235. The number of aromatic nitrogens is 1. The molecule has 264 valence electrons. The number of nitrogens with zero attached hydrogens (tertiary/aromatic N) is 1. The first kappa shape index (κ1) is 34.4. The van der Waals surface area contributed by atoms with E-state index < -0.39 is 84.6 Å². The summed E-state index contributed by atoms with van der Waals surface area (Å²) in [7, 11) is -5.10. The maximum absolute atomic E-state index is 17.7. The minimum absolute atomic E-state index is 0.0272. The Hall–Kier alpha value is -3.07. The molecule has 12 nitrogen and oxygen atoms in total. The molecule has 0 bridgehead atoms. The number of nitrogens with two attached hydrogens (primary N) is 1. The van der Waals surface area contributed by atoms with Gasteiger partial charge in [-0.05, 0) is 67.5 Å². The largest absolute Gasteiger partial charge is 0.470 e. The monoisotopic (exact) mass is 704 g/mol. The molecule has 0 amide bonds. The van der Waals surface area contributed by atoms with Crippen LogP contribution in [0.5, 0.6) is 0 Å². The topological polar surface area (TPSA) is 191 Å². The third-order valence-electron chi connectivity index (χ3n) is 11.9. The number of aliphatic hydroxyl groups is 2. The molecule has 49 heavy (non-hydrogen) atoms. The van der Waals surface area contributed by atoms with Crippen LogP contribution in [0.1, 0.15) is 56.1 Å². The Labute approximate surface area is 280 Å². The lowest BCUT2D eigenvalue weighted by Crippen LogP contribution is -2.70. The number of hydrogen-bond donors (Lipinski definition) is 5. The number of phosphoric acid groups is 1. The minimum atomic E-state index is -5.10. The van der Waals surface area contributed by atoms with Crippen LogP contribution in [-0.4, -0.2) is 72.4 Å². The van der Waals surface area contributed by atoms with Gasteiger partial charge in [-0.25, -0.2) is 13.3 Å². The fraction of sp³-hybridized carbons (Fsp3) is 0.529. The highest BCUT2D eigenvalue weighted by Gasteiger charge is 2.80. The van der Waals surface area contributed by atoms with E-state index in [4.69, 9.17) is 15.2 Å². The predicted molar refractivity (Wildman–Crippen MR) is 169 cm³/mol. The first-order chi connectivity index (χ1) is 23.0. The number of alkyl halides is 2. The molecule has 2 heterocycles. The molecule has 1 aliphatic heterocycles. The molecular weight excluding hydrogens is 665 g/mol. The number of Topliss-reactive ketones (excluding diaryl/α,β-unsaturated/α-hetero) is 1. The third-order valence-corrected chi connectivity index (χ3v) is 12.4. The van der Waals surface area contributed by atoms with Crippen LogP contribution in [0.25, 0.3) is 0 Å². The summed E-state index contributed by atoms with van der Waals surface area (Å²) in [5.74, 6) is -3.23. The number of halogens is 2. The molecule has 15 heteroatoms. The van der Waals surface area contributed by atoms with Gasteiger partial charge in [0, 0.05) is 52.5 Å². The second-order valence-electron chi connectivity index (χ2n) is 14.4. The molecule has 2 aromatic rings. The molecule has 6 N–H and O–H groups in total. The molecule has 4 aliphatic carbocycles. The van der Waals surface area contributed by atoms with E-state index in [9.17, 15) is 34.2 Å². The van der Waals surface area contributed by atoms with Crippen molar-refractivity contribution in [2.45, 2.75) is 82.2 Å². The normalized spacial score (nSPS) is 39.6. The second-order valence-corrected chi connectivity index (χ2v) is 15.6. The molecule has 1 aromatic heterocycles. The van der Waals surface area contributed by atoms with Gasteiger partial charge in [0.15, 0.2) is 29.1 Å². The zero-order valence-electron chi connectivity index (χ0n) is 26.9. The highest BCUT2D eigenvalue weighted by molar-refractivity contribution is 7.46. The molecular formula is C34H39F2N2O10P. The van der Waals surface area contributed by atoms with Gasteiger partial charge in [-0.1, -0.05) is 25.1 Å². The van der Waals surface area contributed by atoms with E-state index >= 15 is 8.78 Å². The van der Waals surface area contributed by atoms with E-state index in [1.54, 1.807) is 37.5 Å². The van der Waals surface area contributed by atoms with Crippen molar-refractivity contribution in [2.75, 3.05) is 12.3 Å². The number of fused-ring (bicyclic) bond motifs is 7. The Morgan fingerprint density at radius 3 is 2.65 bits per heavy atom.